The van der Waals surface area contributed by atoms with Crippen molar-refractivity contribution in [1.29, 1.82) is 0 Å². The van der Waals surface area contributed by atoms with Crippen LogP contribution < -0.4 is 0 Å². The molecule has 0 aliphatic heterocycles. The maximum absolute atomic E-state index is 2.23. The standard InChI is InChI=1S/C11H16.C9H12.C2H6/c1-3-4-5-11-8-6-10(2)7-9-11;1-3-9-6-4-5-8(2)7-9;1-2/h6-9H,3-5H2,1-2H3;4-7H,3H2,1-2H3;1-2H3. The van der Waals surface area contributed by atoms with Crippen LogP contribution in [0.1, 0.15) is 62.8 Å². The van der Waals surface area contributed by atoms with E-state index in [1.807, 2.05) is 13.8 Å². The van der Waals surface area contributed by atoms with Crippen LogP contribution in [0.25, 0.3) is 0 Å². The maximum Gasteiger partial charge on any atom is -0.0279 e. The van der Waals surface area contributed by atoms with Gasteiger partial charge in [-0.1, -0.05) is 93.8 Å². The second kappa shape index (κ2) is 13.1. The van der Waals surface area contributed by atoms with E-state index in [2.05, 4.69) is 76.2 Å². The number of unbranched alkanes of at least 4 members (excludes halogenated alkanes) is 1. The summed E-state index contributed by atoms with van der Waals surface area (Å²) in [4.78, 5) is 0. The van der Waals surface area contributed by atoms with Crippen molar-refractivity contribution in [3.05, 3.63) is 70.8 Å². The molecule has 0 fully saturated rings. The van der Waals surface area contributed by atoms with E-state index in [1.165, 1.54) is 41.5 Å². The van der Waals surface area contributed by atoms with Crippen LogP contribution in [0.2, 0.25) is 0 Å². The molecular weight excluding hydrogens is 264 g/mol. The summed E-state index contributed by atoms with van der Waals surface area (Å²) in [5.74, 6) is 0. The molecule has 0 spiro atoms. The fraction of sp³-hybridized carbons (Fsp3) is 0.455. The van der Waals surface area contributed by atoms with Crippen LogP contribution in [0, 0.1) is 13.8 Å². The van der Waals surface area contributed by atoms with Gasteiger partial charge in [0.25, 0.3) is 0 Å². The third-order valence-corrected chi connectivity index (χ3v) is 3.43. The van der Waals surface area contributed by atoms with Gasteiger partial charge in [-0.2, -0.15) is 0 Å². The van der Waals surface area contributed by atoms with Crippen LogP contribution in [0.4, 0.5) is 0 Å². The summed E-state index contributed by atoms with van der Waals surface area (Å²) >= 11 is 0. The van der Waals surface area contributed by atoms with Crippen LogP contribution in [0.3, 0.4) is 0 Å². The van der Waals surface area contributed by atoms with Gasteiger partial charge < -0.3 is 0 Å². The Morgan fingerprint density at radius 2 is 1.36 bits per heavy atom. The Morgan fingerprint density at radius 1 is 0.727 bits per heavy atom. The topological polar surface area (TPSA) is 0 Å². The van der Waals surface area contributed by atoms with Gasteiger partial charge >= 0.3 is 0 Å². The average molecular weight is 299 g/mol. The van der Waals surface area contributed by atoms with Gasteiger partial charge in [-0.15, -0.1) is 0 Å². The summed E-state index contributed by atoms with van der Waals surface area (Å²) in [6.07, 6.45) is 4.97. The molecule has 0 N–H and O–H groups in total. The van der Waals surface area contributed by atoms with Crippen LogP contribution >= 0.6 is 0 Å². The van der Waals surface area contributed by atoms with E-state index in [-0.39, 0.29) is 0 Å². The van der Waals surface area contributed by atoms with Gasteiger partial charge in [0.15, 0.2) is 0 Å². The Morgan fingerprint density at radius 3 is 1.82 bits per heavy atom. The molecule has 0 aromatic heterocycles. The first-order valence-corrected chi connectivity index (χ1v) is 8.76. The summed E-state index contributed by atoms with van der Waals surface area (Å²) in [5, 5.41) is 0. The highest BCUT2D eigenvalue weighted by atomic mass is 14.0. The van der Waals surface area contributed by atoms with Crippen molar-refractivity contribution in [3.8, 4) is 0 Å². The quantitative estimate of drug-likeness (QED) is 0.574. The molecule has 0 unspecified atom stereocenters. The number of benzene rings is 2. The van der Waals surface area contributed by atoms with Gasteiger partial charge in [0, 0.05) is 0 Å². The molecule has 22 heavy (non-hydrogen) atoms. The zero-order valence-electron chi connectivity index (χ0n) is 15.4. The second-order valence-corrected chi connectivity index (χ2v) is 5.43. The molecule has 0 saturated heterocycles. The van der Waals surface area contributed by atoms with E-state index < -0.39 is 0 Å². The molecular formula is C22H34. The fourth-order valence-corrected chi connectivity index (χ4v) is 2.07. The predicted molar refractivity (Wildman–Crippen MR) is 102 cm³/mol. The molecule has 2 aromatic carbocycles. The molecule has 2 aromatic rings. The van der Waals surface area contributed by atoms with E-state index in [1.54, 1.807) is 0 Å². The van der Waals surface area contributed by atoms with Crippen LogP contribution in [-0.2, 0) is 12.8 Å². The molecule has 0 radical (unpaired) electrons. The first-order valence-electron chi connectivity index (χ1n) is 8.76. The Labute approximate surface area is 138 Å². The van der Waals surface area contributed by atoms with Gasteiger partial charge in [0.05, 0.1) is 0 Å². The predicted octanol–water partition coefficient (Wildman–Crippen LogP) is 6.92. The molecule has 0 atom stereocenters. The fourth-order valence-electron chi connectivity index (χ4n) is 2.07. The molecule has 122 valence electrons. The van der Waals surface area contributed by atoms with Crippen molar-refractivity contribution in [1.82, 2.24) is 0 Å². The van der Waals surface area contributed by atoms with Crippen LogP contribution in [0.5, 0.6) is 0 Å². The largest absolute Gasteiger partial charge is 0.0683 e. The Kier molecular flexibility index (Phi) is 12.2. The van der Waals surface area contributed by atoms with E-state index in [0.717, 1.165) is 6.42 Å². The van der Waals surface area contributed by atoms with Gasteiger partial charge in [0.1, 0.15) is 0 Å². The first-order chi connectivity index (χ1) is 10.7. The average Bonchev–Trinajstić information content (AvgIpc) is 2.57. The lowest BCUT2D eigenvalue weighted by Gasteiger charge is -1.99. The summed E-state index contributed by atoms with van der Waals surface area (Å²) in [6.45, 7) is 12.7. The molecule has 2 rings (SSSR count). The highest BCUT2D eigenvalue weighted by Gasteiger charge is 1.90. The van der Waals surface area contributed by atoms with Crippen molar-refractivity contribution in [2.45, 2.75) is 67.2 Å². The highest BCUT2D eigenvalue weighted by Crippen LogP contribution is 2.06. The molecule has 0 bridgehead atoms. The highest BCUT2D eigenvalue weighted by molar-refractivity contribution is 5.22. The molecule has 0 heterocycles. The normalized spacial score (nSPS) is 9.18. The van der Waals surface area contributed by atoms with Crippen molar-refractivity contribution in [2.75, 3.05) is 0 Å². The number of hydrogen-bond acceptors (Lipinski definition) is 0. The van der Waals surface area contributed by atoms with E-state index >= 15 is 0 Å². The van der Waals surface area contributed by atoms with E-state index in [4.69, 9.17) is 0 Å². The Balaban J connectivity index is 0.000000366. The lowest BCUT2D eigenvalue weighted by molar-refractivity contribution is 0.795. The molecule has 0 amide bonds. The zero-order valence-corrected chi connectivity index (χ0v) is 15.4. The SMILES string of the molecule is CC.CCCCc1ccc(C)cc1.CCc1cccc(C)c1. The summed E-state index contributed by atoms with van der Waals surface area (Å²) in [6, 6.07) is 17.4. The van der Waals surface area contributed by atoms with Crippen LogP contribution in [0.15, 0.2) is 48.5 Å². The summed E-state index contributed by atoms with van der Waals surface area (Å²) in [5.41, 5.74) is 5.60. The lowest BCUT2D eigenvalue weighted by atomic mass is 10.1. The Hall–Kier alpha value is -1.56. The number of hydrogen-bond donors (Lipinski definition) is 0. The molecule has 0 nitrogen and oxygen atoms in total. The third kappa shape index (κ3) is 9.39. The smallest absolute Gasteiger partial charge is 0.0279 e. The molecule has 0 aliphatic carbocycles. The molecule has 0 aliphatic rings. The van der Waals surface area contributed by atoms with Crippen molar-refractivity contribution in [3.63, 3.8) is 0 Å². The monoisotopic (exact) mass is 298 g/mol. The van der Waals surface area contributed by atoms with Gasteiger partial charge in [-0.05, 0) is 44.2 Å². The van der Waals surface area contributed by atoms with Gasteiger partial charge in [-0.3, -0.25) is 0 Å². The van der Waals surface area contributed by atoms with Crippen molar-refractivity contribution < 1.29 is 0 Å². The van der Waals surface area contributed by atoms with Crippen molar-refractivity contribution >= 4 is 0 Å². The molecule has 0 saturated carbocycles. The van der Waals surface area contributed by atoms with Crippen molar-refractivity contribution in [2.24, 2.45) is 0 Å². The lowest BCUT2D eigenvalue weighted by Crippen LogP contribution is -1.83. The minimum absolute atomic E-state index is 1.14. The van der Waals surface area contributed by atoms with Crippen LogP contribution in [-0.4, -0.2) is 0 Å². The first kappa shape index (κ1) is 20.4. The van der Waals surface area contributed by atoms with Gasteiger partial charge in [0.2, 0.25) is 0 Å². The number of aryl methyl sites for hydroxylation is 4. The second-order valence-electron chi connectivity index (χ2n) is 5.43. The van der Waals surface area contributed by atoms with E-state index in [0.29, 0.717) is 0 Å². The summed E-state index contributed by atoms with van der Waals surface area (Å²) in [7, 11) is 0. The Bertz CT molecular complexity index is 480. The van der Waals surface area contributed by atoms with E-state index in [9.17, 15) is 0 Å². The minimum Gasteiger partial charge on any atom is -0.0683 e. The maximum atomic E-state index is 2.23. The summed E-state index contributed by atoms with van der Waals surface area (Å²) < 4.78 is 0. The van der Waals surface area contributed by atoms with Gasteiger partial charge in [-0.25, -0.2) is 0 Å². The zero-order chi connectivity index (χ0) is 16.8. The third-order valence-electron chi connectivity index (χ3n) is 3.43. The minimum atomic E-state index is 1.14. The molecule has 0 heteroatoms. The number of rotatable bonds is 4.